The van der Waals surface area contributed by atoms with Crippen LogP contribution in [0, 0.1) is 17.0 Å². The number of halogens is 2. The molecule has 1 saturated heterocycles. The molecule has 0 atom stereocenters. The van der Waals surface area contributed by atoms with Gasteiger partial charge in [0.1, 0.15) is 11.6 Å². The summed E-state index contributed by atoms with van der Waals surface area (Å²) in [6.45, 7) is 1.19. The molecule has 27 heavy (non-hydrogen) atoms. The van der Waals surface area contributed by atoms with Gasteiger partial charge in [0.15, 0.2) is 0 Å². The van der Waals surface area contributed by atoms with Crippen LogP contribution in [0.3, 0.4) is 0 Å². The number of nitrogens with zero attached hydrogens (tertiary/aromatic N) is 1. The number of benzene rings is 2. The van der Waals surface area contributed by atoms with Crippen molar-refractivity contribution in [3.63, 3.8) is 0 Å². The molecule has 1 spiro atoms. The lowest BCUT2D eigenvalue weighted by Crippen LogP contribution is -2.51. The summed E-state index contributed by atoms with van der Waals surface area (Å²) in [6.07, 6.45) is 1.87. The van der Waals surface area contributed by atoms with Crippen molar-refractivity contribution >= 4 is 6.09 Å². The first kappa shape index (κ1) is 17.9. The van der Waals surface area contributed by atoms with Gasteiger partial charge < -0.3 is 15.3 Å². The van der Waals surface area contributed by atoms with Crippen LogP contribution in [-0.4, -0.2) is 35.2 Å². The van der Waals surface area contributed by atoms with E-state index < -0.39 is 6.09 Å². The van der Waals surface area contributed by atoms with E-state index >= 15 is 0 Å². The highest BCUT2D eigenvalue weighted by Gasteiger charge is 2.49. The minimum atomic E-state index is -0.848. The molecule has 142 valence electrons. The number of carbonyl (C=O) groups is 1. The molecule has 0 aromatic heterocycles. The van der Waals surface area contributed by atoms with Crippen LogP contribution in [0.25, 0.3) is 0 Å². The Bertz CT molecular complexity index is 772. The van der Waals surface area contributed by atoms with Gasteiger partial charge in [0.25, 0.3) is 0 Å². The van der Waals surface area contributed by atoms with Crippen molar-refractivity contribution in [1.29, 1.82) is 0 Å². The highest BCUT2D eigenvalue weighted by Crippen LogP contribution is 2.49. The maximum absolute atomic E-state index is 13.3. The second kappa shape index (κ2) is 6.93. The smallest absolute Gasteiger partial charge is 0.407 e. The van der Waals surface area contributed by atoms with Gasteiger partial charge in [-0.1, -0.05) is 24.3 Å². The Morgan fingerprint density at radius 3 is 2.00 bits per heavy atom. The summed E-state index contributed by atoms with van der Waals surface area (Å²) in [5, 5.41) is 12.8. The first-order valence-electron chi connectivity index (χ1n) is 9.19. The largest absolute Gasteiger partial charge is 0.465 e. The second-order valence-corrected chi connectivity index (χ2v) is 7.76. The molecule has 1 saturated carbocycles. The SMILES string of the molecule is O=C(O)N1CCC2(CC(NC(c3ccc(F)cc3)c3ccc(F)cc3)C2)C1. The van der Waals surface area contributed by atoms with Crippen LogP contribution in [0.5, 0.6) is 0 Å². The third-order valence-electron chi connectivity index (χ3n) is 5.88. The zero-order valence-corrected chi connectivity index (χ0v) is 14.9. The average molecular weight is 372 g/mol. The van der Waals surface area contributed by atoms with E-state index in [1.54, 1.807) is 24.3 Å². The number of likely N-dealkylation sites (tertiary alicyclic amines) is 1. The fraction of sp³-hybridized carbons (Fsp3) is 0.381. The van der Waals surface area contributed by atoms with Crippen molar-refractivity contribution in [3.8, 4) is 0 Å². The molecule has 2 aromatic rings. The number of nitrogens with one attached hydrogen (secondary N) is 1. The molecule has 2 N–H and O–H groups in total. The summed E-state index contributed by atoms with van der Waals surface area (Å²) in [5.41, 5.74) is 1.91. The van der Waals surface area contributed by atoms with E-state index in [2.05, 4.69) is 5.32 Å². The van der Waals surface area contributed by atoms with E-state index in [1.165, 1.54) is 29.2 Å². The molecular formula is C21H22F2N2O2. The topological polar surface area (TPSA) is 52.6 Å². The zero-order chi connectivity index (χ0) is 19.0. The number of carboxylic acid groups (broad SMARTS) is 1. The molecule has 1 aliphatic heterocycles. The molecule has 2 aromatic carbocycles. The summed E-state index contributed by atoms with van der Waals surface area (Å²) < 4.78 is 26.6. The van der Waals surface area contributed by atoms with Gasteiger partial charge in [0.2, 0.25) is 0 Å². The first-order valence-corrected chi connectivity index (χ1v) is 9.19. The van der Waals surface area contributed by atoms with Gasteiger partial charge in [-0.15, -0.1) is 0 Å². The Labute approximate surface area is 156 Å². The van der Waals surface area contributed by atoms with Crippen molar-refractivity contribution in [2.45, 2.75) is 31.3 Å². The predicted molar refractivity (Wildman–Crippen MR) is 97.4 cm³/mol. The third-order valence-corrected chi connectivity index (χ3v) is 5.88. The normalized spacial score (nSPS) is 24.4. The highest BCUT2D eigenvalue weighted by molar-refractivity contribution is 5.65. The lowest BCUT2D eigenvalue weighted by molar-refractivity contribution is 0.0821. The monoisotopic (exact) mass is 372 g/mol. The van der Waals surface area contributed by atoms with Gasteiger partial charge in [0.05, 0.1) is 6.04 Å². The van der Waals surface area contributed by atoms with Crippen LogP contribution in [0.2, 0.25) is 0 Å². The molecular weight excluding hydrogens is 350 g/mol. The lowest BCUT2D eigenvalue weighted by atomic mass is 9.64. The molecule has 4 nitrogen and oxygen atoms in total. The molecule has 0 radical (unpaired) electrons. The number of amides is 1. The Morgan fingerprint density at radius 2 is 1.56 bits per heavy atom. The van der Waals surface area contributed by atoms with Crippen LogP contribution >= 0.6 is 0 Å². The average Bonchev–Trinajstić information content (AvgIpc) is 3.07. The Balaban J connectivity index is 1.48. The molecule has 2 fully saturated rings. The van der Waals surface area contributed by atoms with Crippen LogP contribution in [0.4, 0.5) is 13.6 Å². The van der Waals surface area contributed by atoms with Gasteiger partial charge in [-0.05, 0) is 60.1 Å². The molecule has 1 amide bonds. The van der Waals surface area contributed by atoms with Crippen LogP contribution in [0.1, 0.15) is 36.4 Å². The van der Waals surface area contributed by atoms with E-state index in [0.717, 1.165) is 30.4 Å². The second-order valence-electron chi connectivity index (χ2n) is 7.76. The molecule has 4 rings (SSSR count). The first-order chi connectivity index (χ1) is 12.9. The van der Waals surface area contributed by atoms with Crippen LogP contribution in [0.15, 0.2) is 48.5 Å². The molecule has 6 heteroatoms. The summed E-state index contributed by atoms with van der Waals surface area (Å²) in [5.74, 6) is -0.585. The van der Waals surface area contributed by atoms with E-state index in [0.29, 0.717) is 13.1 Å². The van der Waals surface area contributed by atoms with Crippen molar-refractivity contribution in [1.82, 2.24) is 10.2 Å². The van der Waals surface area contributed by atoms with Crippen molar-refractivity contribution in [3.05, 3.63) is 71.3 Å². The summed E-state index contributed by atoms with van der Waals surface area (Å²) in [4.78, 5) is 12.7. The van der Waals surface area contributed by atoms with Crippen molar-refractivity contribution in [2.75, 3.05) is 13.1 Å². The van der Waals surface area contributed by atoms with Crippen molar-refractivity contribution < 1.29 is 18.7 Å². The van der Waals surface area contributed by atoms with E-state index in [-0.39, 0.29) is 29.1 Å². The Kier molecular flexibility index (Phi) is 4.60. The van der Waals surface area contributed by atoms with Gasteiger partial charge in [-0.2, -0.15) is 0 Å². The Morgan fingerprint density at radius 1 is 1.04 bits per heavy atom. The van der Waals surface area contributed by atoms with E-state index in [1.807, 2.05) is 0 Å². The van der Waals surface area contributed by atoms with Gasteiger partial charge >= 0.3 is 6.09 Å². The van der Waals surface area contributed by atoms with E-state index in [9.17, 15) is 13.6 Å². The number of hydrogen-bond acceptors (Lipinski definition) is 2. The number of rotatable bonds is 4. The fourth-order valence-corrected chi connectivity index (χ4v) is 4.47. The summed E-state index contributed by atoms with van der Waals surface area (Å²) >= 11 is 0. The molecule has 0 unspecified atom stereocenters. The lowest BCUT2D eigenvalue weighted by Gasteiger charge is -2.47. The molecule has 1 aliphatic carbocycles. The summed E-state index contributed by atoms with van der Waals surface area (Å²) in [6, 6.07) is 12.8. The standard InChI is InChI=1S/C21H22F2N2O2/c22-16-5-1-14(2-6-16)19(15-3-7-17(23)8-4-15)24-18-11-21(12-18)9-10-25(13-21)20(26)27/h1-8,18-19,24H,9-13H2,(H,26,27). The number of hydrogen-bond donors (Lipinski definition) is 2. The predicted octanol–water partition coefficient (Wildman–Crippen LogP) is 4.18. The van der Waals surface area contributed by atoms with Gasteiger partial charge in [-0.25, -0.2) is 13.6 Å². The third kappa shape index (κ3) is 3.67. The van der Waals surface area contributed by atoms with Crippen LogP contribution in [-0.2, 0) is 0 Å². The minimum absolute atomic E-state index is 0.0756. The fourth-order valence-electron chi connectivity index (χ4n) is 4.47. The van der Waals surface area contributed by atoms with Crippen LogP contribution < -0.4 is 5.32 Å². The quantitative estimate of drug-likeness (QED) is 0.847. The maximum atomic E-state index is 13.3. The summed E-state index contributed by atoms with van der Waals surface area (Å²) in [7, 11) is 0. The molecule has 2 aliphatic rings. The highest BCUT2D eigenvalue weighted by atomic mass is 19.1. The maximum Gasteiger partial charge on any atom is 0.407 e. The van der Waals surface area contributed by atoms with E-state index in [4.69, 9.17) is 5.11 Å². The molecule has 1 heterocycles. The Hall–Kier alpha value is -2.47. The van der Waals surface area contributed by atoms with Gasteiger partial charge in [0, 0.05) is 19.1 Å². The van der Waals surface area contributed by atoms with Gasteiger partial charge in [-0.3, -0.25) is 0 Å². The molecule has 0 bridgehead atoms. The van der Waals surface area contributed by atoms with Crippen molar-refractivity contribution in [2.24, 2.45) is 5.41 Å². The minimum Gasteiger partial charge on any atom is -0.465 e. The zero-order valence-electron chi connectivity index (χ0n) is 14.9.